The lowest BCUT2D eigenvalue weighted by molar-refractivity contribution is -0.117. The summed E-state index contributed by atoms with van der Waals surface area (Å²) < 4.78 is 4.21. The van der Waals surface area contributed by atoms with Gasteiger partial charge in [-0.05, 0) is 31.7 Å². The molecule has 1 unspecified atom stereocenters. The first-order valence-electron chi connectivity index (χ1n) is 9.39. The maximum Gasteiger partial charge on any atom is 0.227 e. The van der Waals surface area contributed by atoms with E-state index in [0.29, 0.717) is 12.5 Å². The number of carbonyl (C=O) groups excluding carboxylic acids is 1. The molecule has 0 radical (unpaired) electrons. The molecule has 2 aromatic rings. The van der Waals surface area contributed by atoms with Crippen molar-refractivity contribution in [3.05, 3.63) is 29.8 Å². The molecule has 2 aromatic heterocycles. The minimum atomic E-state index is 0.223. The number of carbonyl (C=O) groups is 1. The van der Waals surface area contributed by atoms with Gasteiger partial charge in [0.1, 0.15) is 0 Å². The van der Waals surface area contributed by atoms with Gasteiger partial charge in [0, 0.05) is 51.0 Å². The number of fused-ring (bicyclic) bond motifs is 1. The molecular weight excluding hydrogens is 316 g/mol. The van der Waals surface area contributed by atoms with Gasteiger partial charge in [0.15, 0.2) is 0 Å². The van der Waals surface area contributed by atoms with Crippen LogP contribution in [0.3, 0.4) is 0 Å². The zero-order chi connectivity index (χ0) is 16.8. The minimum absolute atomic E-state index is 0.223. The highest BCUT2D eigenvalue weighted by molar-refractivity contribution is 5.95. The number of likely N-dealkylation sites (tertiary alicyclic amines) is 1. The van der Waals surface area contributed by atoms with Gasteiger partial charge in [-0.2, -0.15) is 10.2 Å². The zero-order valence-corrected chi connectivity index (χ0v) is 14.5. The number of hydrogen-bond donors (Lipinski definition) is 0. The topological polar surface area (TPSA) is 59.2 Å². The summed E-state index contributed by atoms with van der Waals surface area (Å²) in [6.07, 6.45) is 9.00. The Hall–Kier alpha value is -2.15. The quantitative estimate of drug-likeness (QED) is 0.848. The van der Waals surface area contributed by atoms with E-state index in [1.54, 1.807) is 0 Å². The van der Waals surface area contributed by atoms with Crippen LogP contribution in [0, 0.1) is 0 Å². The van der Waals surface area contributed by atoms with E-state index >= 15 is 0 Å². The largest absolute Gasteiger partial charge is 0.309 e. The number of hydrogen-bond acceptors (Lipinski definition) is 4. The average Bonchev–Trinajstić information content (AvgIpc) is 3.35. The van der Waals surface area contributed by atoms with Crippen molar-refractivity contribution in [2.24, 2.45) is 0 Å². The van der Waals surface area contributed by atoms with E-state index in [4.69, 9.17) is 5.10 Å². The monoisotopic (exact) mass is 340 g/mol. The van der Waals surface area contributed by atoms with E-state index in [1.165, 1.54) is 24.2 Å². The van der Waals surface area contributed by atoms with Gasteiger partial charge in [0.25, 0.3) is 0 Å². The molecule has 7 heteroatoms. The Labute approximate surface area is 147 Å². The summed E-state index contributed by atoms with van der Waals surface area (Å²) in [5.41, 5.74) is 3.53. The highest BCUT2D eigenvalue weighted by Crippen LogP contribution is 2.27. The van der Waals surface area contributed by atoms with Crippen molar-refractivity contribution in [1.82, 2.24) is 24.5 Å². The predicted octanol–water partition coefficient (Wildman–Crippen LogP) is 1.60. The van der Waals surface area contributed by atoms with Crippen LogP contribution in [0.25, 0.3) is 0 Å². The maximum absolute atomic E-state index is 11.9. The molecule has 5 heterocycles. The van der Waals surface area contributed by atoms with Crippen molar-refractivity contribution in [2.45, 2.75) is 51.2 Å². The maximum atomic E-state index is 11.9. The van der Waals surface area contributed by atoms with E-state index in [1.807, 2.05) is 22.0 Å². The van der Waals surface area contributed by atoms with E-state index in [0.717, 1.165) is 51.3 Å². The number of rotatable bonds is 4. The van der Waals surface area contributed by atoms with E-state index in [-0.39, 0.29) is 5.91 Å². The molecule has 0 bridgehead atoms. The highest BCUT2D eigenvalue weighted by atomic mass is 16.2. The van der Waals surface area contributed by atoms with Gasteiger partial charge in [-0.3, -0.25) is 19.1 Å². The Morgan fingerprint density at radius 1 is 1.16 bits per heavy atom. The molecule has 3 aliphatic heterocycles. The summed E-state index contributed by atoms with van der Waals surface area (Å²) in [5.74, 6) is 0.223. The predicted molar refractivity (Wildman–Crippen MR) is 93.3 cm³/mol. The summed E-state index contributed by atoms with van der Waals surface area (Å²) in [6, 6.07) is 2.66. The summed E-state index contributed by atoms with van der Waals surface area (Å²) in [6.45, 7) is 4.90. The molecule has 0 N–H and O–H groups in total. The van der Waals surface area contributed by atoms with Gasteiger partial charge in [0.2, 0.25) is 5.91 Å². The van der Waals surface area contributed by atoms with E-state index in [9.17, 15) is 4.79 Å². The lowest BCUT2D eigenvalue weighted by atomic mass is 10.2. The molecule has 7 nitrogen and oxygen atoms in total. The number of aryl methyl sites for hydroxylation is 2. The lowest BCUT2D eigenvalue weighted by Crippen LogP contribution is -2.23. The molecule has 132 valence electrons. The van der Waals surface area contributed by atoms with Crippen molar-refractivity contribution in [3.63, 3.8) is 0 Å². The second-order valence-corrected chi connectivity index (χ2v) is 7.46. The lowest BCUT2D eigenvalue weighted by Gasteiger charge is -2.15. The Bertz CT molecular complexity index is 772. The summed E-state index contributed by atoms with van der Waals surface area (Å²) >= 11 is 0. The molecule has 0 saturated carbocycles. The SMILES string of the molecule is O=C1CCCN1c1cnn(C2CCN(Cc3cc4n(n3)CCC4)C2)c1. The summed E-state index contributed by atoms with van der Waals surface area (Å²) in [7, 11) is 0. The van der Waals surface area contributed by atoms with Crippen LogP contribution in [0.15, 0.2) is 18.5 Å². The first-order chi connectivity index (χ1) is 12.3. The molecule has 1 atom stereocenters. The standard InChI is InChI=1S/C18H24N6O/c25-18-4-2-6-22(18)17-10-19-24(13-17)16-5-8-21(12-16)11-14-9-15-3-1-7-23(15)20-14/h9-10,13,16H,1-8,11-12H2. The van der Waals surface area contributed by atoms with Crippen LogP contribution in [0.5, 0.6) is 0 Å². The third-order valence-corrected chi connectivity index (χ3v) is 5.70. The Balaban J connectivity index is 1.23. The van der Waals surface area contributed by atoms with Crippen molar-refractivity contribution >= 4 is 11.6 Å². The molecule has 0 spiro atoms. The third-order valence-electron chi connectivity index (χ3n) is 5.70. The molecule has 0 aromatic carbocycles. The second kappa shape index (κ2) is 5.98. The fraction of sp³-hybridized carbons (Fsp3) is 0.611. The first kappa shape index (κ1) is 15.1. The van der Waals surface area contributed by atoms with Gasteiger partial charge in [-0.15, -0.1) is 0 Å². The Morgan fingerprint density at radius 2 is 2.08 bits per heavy atom. The molecule has 2 saturated heterocycles. The van der Waals surface area contributed by atoms with Crippen LogP contribution in [-0.2, 0) is 24.3 Å². The van der Waals surface area contributed by atoms with Crippen molar-refractivity contribution in [3.8, 4) is 0 Å². The molecule has 2 fully saturated rings. The molecular formula is C18H24N6O. The normalized spacial score (nSPS) is 23.8. The van der Waals surface area contributed by atoms with Crippen LogP contribution in [-0.4, -0.2) is 50.0 Å². The Morgan fingerprint density at radius 3 is 2.92 bits per heavy atom. The van der Waals surface area contributed by atoms with Crippen molar-refractivity contribution < 1.29 is 4.79 Å². The van der Waals surface area contributed by atoms with Crippen LogP contribution < -0.4 is 4.90 Å². The van der Waals surface area contributed by atoms with Gasteiger partial charge < -0.3 is 4.90 Å². The molecule has 25 heavy (non-hydrogen) atoms. The Kier molecular flexibility index (Phi) is 3.62. The summed E-state index contributed by atoms with van der Waals surface area (Å²) in [5, 5.41) is 9.26. The molecule has 5 rings (SSSR count). The smallest absolute Gasteiger partial charge is 0.227 e. The number of aromatic nitrogens is 4. The number of amides is 1. The fourth-order valence-electron chi connectivity index (χ4n) is 4.39. The molecule has 0 aliphatic carbocycles. The van der Waals surface area contributed by atoms with Crippen molar-refractivity contribution in [1.29, 1.82) is 0 Å². The second-order valence-electron chi connectivity index (χ2n) is 7.46. The van der Waals surface area contributed by atoms with Gasteiger partial charge in [-0.1, -0.05) is 0 Å². The number of anilines is 1. The van der Waals surface area contributed by atoms with Crippen LogP contribution >= 0.6 is 0 Å². The van der Waals surface area contributed by atoms with Crippen LogP contribution in [0.2, 0.25) is 0 Å². The zero-order valence-electron chi connectivity index (χ0n) is 14.5. The fourth-order valence-corrected chi connectivity index (χ4v) is 4.39. The number of nitrogens with zero attached hydrogens (tertiary/aromatic N) is 6. The highest BCUT2D eigenvalue weighted by Gasteiger charge is 2.28. The average molecular weight is 340 g/mol. The first-order valence-corrected chi connectivity index (χ1v) is 9.39. The molecule has 1 amide bonds. The van der Waals surface area contributed by atoms with E-state index < -0.39 is 0 Å². The van der Waals surface area contributed by atoms with Gasteiger partial charge >= 0.3 is 0 Å². The third kappa shape index (κ3) is 2.76. The van der Waals surface area contributed by atoms with E-state index in [2.05, 4.69) is 20.7 Å². The van der Waals surface area contributed by atoms with Gasteiger partial charge in [-0.25, -0.2) is 0 Å². The van der Waals surface area contributed by atoms with Crippen LogP contribution in [0.1, 0.15) is 43.1 Å². The van der Waals surface area contributed by atoms with Crippen LogP contribution in [0.4, 0.5) is 5.69 Å². The van der Waals surface area contributed by atoms with Crippen molar-refractivity contribution in [2.75, 3.05) is 24.5 Å². The summed E-state index contributed by atoms with van der Waals surface area (Å²) in [4.78, 5) is 16.2. The molecule has 3 aliphatic rings. The minimum Gasteiger partial charge on any atom is -0.309 e. The van der Waals surface area contributed by atoms with Gasteiger partial charge in [0.05, 0.1) is 23.6 Å².